The molecule has 4 N–H and O–H groups in total. The van der Waals surface area contributed by atoms with Gasteiger partial charge in [0.1, 0.15) is 0 Å². The van der Waals surface area contributed by atoms with Crippen molar-refractivity contribution in [1.29, 1.82) is 0 Å². The highest BCUT2D eigenvalue weighted by atomic mass is 16.2. The Balaban J connectivity index is 2.19. The Morgan fingerprint density at radius 1 is 1.57 bits per heavy atom. The van der Waals surface area contributed by atoms with E-state index in [4.69, 9.17) is 5.73 Å². The van der Waals surface area contributed by atoms with Crippen LogP contribution in [0.5, 0.6) is 0 Å². The van der Waals surface area contributed by atoms with E-state index in [1.165, 1.54) is 6.20 Å². The summed E-state index contributed by atoms with van der Waals surface area (Å²) < 4.78 is 0. The number of nitrogens with zero attached hydrogens (tertiary/aromatic N) is 2. The number of hydrogen-bond acceptors (Lipinski definition) is 4. The molecule has 0 spiro atoms. The summed E-state index contributed by atoms with van der Waals surface area (Å²) >= 11 is 0. The molecule has 0 aliphatic heterocycles. The zero-order valence-electron chi connectivity index (χ0n) is 7.49. The van der Waals surface area contributed by atoms with Crippen molar-refractivity contribution in [3.05, 3.63) is 11.9 Å². The largest absolute Gasteiger partial charge is 0.370 e. The minimum atomic E-state index is -0.374. The summed E-state index contributed by atoms with van der Waals surface area (Å²) in [6.45, 7) is 0.397. The molecule has 0 aliphatic rings. The minimum absolute atomic E-state index is 0.226. The maximum Gasteiger partial charge on any atom is 0.273 e. The fourth-order valence-electron chi connectivity index (χ4n) is 0.866. The summed E-state index contributed by atoms with van der Waals surface area (Å²) in [5.41, 5.74) is 5.15. The first-order valence-corrected chi connectivity index (χ1v) is 4.12. The molecule has 1 rings (SSSR count). The third-order valence-corrected chi connectivity index (χ3v) is 1.53. The number of carbonyl (C=O) groups excluding carboxylic acids is 2. The third-order valence-electron chi connectivity index (χ3n) is 1.53. The second-order valence-electron chi connectivity index (χ2n) is 2.68. The average Bonchev–Trinajstić information content (AvgIpc) is 2.64. The van der Waals surface area contributed by atoms with Crippen LogP contribution in [0.4, 0.5) is 0 Å². The SMILES string of the molecule is NC(=O)CCCNC(=O)c1cn[nH]n1. The first-order chi connectivity index (χ1) is 6.70. The lowest BCUT2D eigenvalue weighted by atomic mass is 10.3. The number of nitrogens with one attached hydrogen (secondary N) is 2. The summed E-state index contributed by atoms with van der Waals surface area (Å²) in [4.78, 5) is 21.6. The van der Waals surface area contributed by atoms with Crippen molar-refractivity contribution in [2.45, 2.75) is 12.8 Å². The van der Waals surface area contributed by atoms with Crippen molar-refractivity contribution >= 4 is 11.8 Å². The van der Waals surface area contributed by atoms with Gasteiger partial charge in [-0.25, -0.2) is 0 Å². The molecule has 0 atom stereocenters. The molecular weight excluding hydrogens is 186 g/mol. The molecule has 0 saturated carbocycles. The Morgan fingerprint density at radius 2 is 2.36 bits per heavy atom. The van der Waals surface area contributed by atoms with Crippen molar-refractivity contribution < 1.29 is 9.59 Å². The van der Waals surface area contributed by atoms with Gasteiger partial charge in [0.05, 0.1) is 6.20 Å². The Bertz CT molecular complexity index is 308. The maximum atomic E-state index is 11.2. The molecule has 2 amide bonds. The quantitative estimate of drug-likeness (QED) is 0.514. The molecule has 1 heterocycles. The van der Waals surface area contributed by atoms with E-state index in [9.17, 15) is 9.59 Å². The van der Waals surface area contributed by atoms with Gasteiger partial charge in [0.2, 0.25) is 5.91 Å². The van der Waals surface area contributed by atoms with Crippen LogP contribution in [0.25, 0.3) is 0 Å². The van der Waals surface area contributed by atoms with E-state index < -0.39 is 0 Å². The summed E-state index contributed by atoms with van der Waals surface area (Å²) in [5.74, 6) is -0.691. The van der Waals surface area contributed by atoms with E-state index in [2.05, 4.69) is 20.7 Å². The van der Waals surface area contributed by atoms with E-state index in [1.54, 1.807) is 0 Å². The molecule has 0 aromatic carbocycles. The van der Waals surface area contributed by atoms with Gasteiger partial charge < -0.3 is 11.1 Å². The summed E-state index contributed by atoms with van der Waals surface area (Å²) in [5, 5.41) is 12.0. The molecule has 1 aromatic heterocycles. The smallest absolute Gasteiger partial charge is 0.273 e. The monoisotopic (exact) mass is 197 g/mol. The van der Waals surface area contributed by atoms with Gasteiger partial charge >= 0.3 is 0 Å². The van der Waals surface area contributed by atoms with Crippen LogP contribution < -0.4 is 11.1 Å². The highest BCUT2D eigenvalue weighted by molar-refractivity contribution is 5.91. The predicted octanol–water partition coefficient (Wildman–Crippen LogP) is -1.20. The number of aromatic nitrogens is 3. The summed E-state index contributed by atoms with van der Waals surface area (Å²) in [7, 11) is 0. The lowest BCUT2D eigenvalue weighted by Crippen LogP contribution is -2.25. The second kappa shape index (κ2) is 4.95. The fraction of sp³-hybridized carbons (Fsp3) is 0.429. The topological polar surface area (TPSA) is 114 Å². The lowest BCUT2D eigenvalue weighted by Gasteiger charge is -2.00. The number of primary amides is 1. The third kappa shape index (κ3) is 3.21. The van der Waals surface area contributed by atoms with Gasteiger partial charge in [0, 0.05) is 13.0 Å². The van der Waals surface area contributed by atoms with Crippen molar-refractivity contribution in [1.82, 2.24) is 20.7 Å². The molecule has 1 aromatic rings. The van der Waals surface area contributed by atoms with E-state index in [0.717, 1.165) is 0 Å². The van der Waals surface area contributed by atoms with Crippen molar-refractivity contribution in [2.75, 3.05) is 6.54 Å². The fourth-order valence-corrected chi connectivity index (χ4v) is 0.866. The zero-order valence-corrected chi connectivity index (χ0v) is 7.49. The van der Waals surface area contributed by atoms with E-state index >= 15 is 0 Å². The first-order valence-electron chi connectivity index (χ1n) is 4.12. The number of hydrogen-bond donors (Lipinski definition) is 3. The van der Waals surface area contributed by atoms with E-state index in [-0.39, 0.29) is 23.9 Å². The Kier molecular flexibility index (Phi) is 3.59. The molecule has 14 heavy (non-hydrogen) atoms. The number of aromatic amines is 1. The molecular formula is C7H11N5O2. The van der Waals surface area contributed by atoms with Crippen LogP contribution in [0.15, 0.2) is 6.20 Å². The number of nitrogens with two attached hydrogens (primary N) is 1. The normalized spacial score (nSPS) is 9.71. The van der Waals surface area contributed by atoms with Gasteiger partial charge in [-0.1, -0.05) is 0 Å². The lowest BCUT2D eigenvalue weighted by molar-refractivity contribution is -0.118. The van der Waals surface area contributed by atoms with Crippen LogP contribution in [-0.4, -0.2) is 33.8 Å². The molecule has 0 saturated heterocycles. The predicted molar refractivity (Wildman–Crippen MR) is 47.1 cm³/mol. The molecule has 0 unspecified atom stereocenters. The van der Waals surface area contributed by atoms with Gasteiger partial charge in [-0.15, -0.1) is 0 Å². The van der Waals surface area contributed by atoms with Crippen LogP contribution in [0.2, 0.25) is 0 Å². The molecule has 7 nitrogen and oxygen atoms in total. The van der Waals surface area contributed by atoms with Gasteiger partial charge in [-0.3, -0.25) is 9.59 Å². The number of rotatable bonds is 5. The molecule has 7 heteroatoms. The highest BCUT2D eigenvalue weighted by Gasteiger charge is 2.06. The molecule has 0 bridgehead atoms. The first kappa shape index (κ1) is 10.2. The molecule has 0 fully saturated rings. The van der Waals surface area contributed by atoms with Crippen molar-refractivity contribution in [3.63, 3.8) is 0 Å². The Labute approximate surface area is 80.1 Å². The van der Waals surface area contributed by atoms with Gasteiger partial charge in [0.15, 0.2) is 5.69 Å². The molecule has 0 aliphatic carbocycles. The summed E-state index contributed by atoms with van der Waals surface area (Å²) in [6, 6.07) is 0. The molecule has 0 radical (unpaired) electrons. The van der Waals surface area contributed by atoms with Crippen LogP contribution in [-0.2, 0) is 4.79 Å². The average molecular weight is 197 g/mol. The van der Waals surface area contributed by atoms with Gasteiger partial charge in [0.25, 0.3) is 5.91 Å². The van der Waals surface area contributed by atoms with Crippen molar-refractivity contribution in [2.24, 2.45) is 5.73 Å². The number of carbonyl (C=O) groups is 2. The van der Waals surface area contributed by atoms with Crippen LogP contribution in [0.3, 0.4) is 0 Å². The van der Waals surface area contributed by atoms with E-state index in [0.29, 0.717) is 13.0 Å². The zero-order chi connectivity index (χ0) is 10.4. The van der Waals surface area contributed by atoms with Crippen molar-refractivity contribution in [3.8, 4) is 0 Å². The maximum absolute atomic E-state index is 11.2. The standard InChI is InChI=1S/C7H11N5O2/c8-6(13)2-1-3-9-7(14)5-4-10-12-11-5/h4H,1-3H2,(H2,8,13)(H,9,14)(H,10,11,12). The number of H-pyrrole nitrogens is 1. The van der Waals surface area contributed by atoms with Gasteiger partial charge in [-0.2, -0.15) is 15.4 Å². The highest BCUT2D eigenvalue weighted by Crippen LogP contribution is 1.89. The second-order valence-corrected chi connectivity index (χ2v) is 2.68. The Morgan fingerprint density at radius 3 is 2.93 bits per heavy atom. The van der Waals surface area contributed by atoms with Crippen LogP contribution in [0, 0.1) is 0 Å². The van der Waals surface area contributed by atoms with Gasteiger partial charge in [-0.05, 0) is 6.42 Å². The Hall–Kier alpha value is -1.92. The van der Waals surface area contributed by atoms with E-state index in [1.807, 2.05) is 0 Å². The number of amides is 2. The minimum Gasteiger partial charge on any atom is -0.370 e. The summed E-state index contributed by atoms with van der Waals surface area (Å²) in [6.07, 6.45) is 2.11. The molecule has 76 valence electrons. The van der Waals surface area contributed by atoms with Crippen LogP contribution in [0.1, 0.15) is 23.3 Å². The van der Waals surface area contributed by atoms with Crippen LogP contribution >= 0.6 is 0 Å².